The van der Waals surface area contributed by atoms with E-state index in [-0.39, 0.29) is 23.2 Å². The minimum atomic E-state index is -4.86. The maximum atomic E-state index is 14.0. The third-order valence-electron chi connectivity index (χ3n) is 3.88. The zero-order chi connectivity index (χ0) is 21.0. The molecular formula is C20H13BrF4N2O2. The van der Waals surface area contributed by atoms with Gasteiger partial charge in [0.15, 0.2) is 0 Å². The van der Waals surface area contributed by atoms with Gasteiger partial charge in [0.1, 0.15) is 11.6 Å². The quantitative estimate of drug-likeness (QED) is 0.504. The van der Waals surface area contributed by atoms with Crippen molar-refractivity contribution in [1.82, 2.24) is 10.3 Å². The smallest absolute Gasteiger partial charge is 0.405 e. The molecule has 0 saturated carbocycles. The van der Waals surface area contributed by atoms with E-state index in [9.17, 15) is 22.4 Å². The molecule has 0 unspecified atom stereocenters. The lowest BCUT2D eigenvalue weighted by Crippen LogP contribution is -2.24. The van der Waals surface area contributed by atoms with Crippen LogP contribution in [0.1, 0.15) is 15.9 Å². The van der Waals surface area contributed by atoms with Gasteiger partial charge in [-0.1, -0.05) is 40.2 Å². The Kier molecular flexibility index (Phi) is 6.17. The van der Waals surface area contributed by atoms with E-state index in [1.807, 2.05) is 0 Å². The summed E-state index contributed by atoms with van der Waals surface area (Å²) in [6.45, 7) is -0.207. The van der Waals surface area contributed by atoms with Crippen LogP contribution in [0.15, 0.2) is 65.4 Å². The standard InChI is InChI=1S/C20H13BrF4N2O2/c21-15-6-5-12(18(8-15)29-20(23,24)25)11-27-19(28)14-7-13(9-26-10-14)16-3-1-2-4-17(16)22/h1-10H,11H2,(H,27,28). The predicted octanol–water partition coefficient (Wildman–Crippen LogP) is 5.48. The number of carbonyl (C=O) groups is 1. The first-order chi connectivity index (χ1) is 13.7. The van der Waals surface area contributed by atoms with Crippen molar-refractivity contribution in [2.24, 2.45) is 0 Å². The number of hydrogen-bond donors (Lipinski definition) is 1. The number of benzene rings is 2. The van der Waals surface area contributed by atoms with Crippen molar-refractivity contribution in [2.75, 3.05) is 0 Å². The maximum Gasteiger partial charge on any atom is 0.573 e. The van der Waals surface area contributed by atoms with Crippen LogP contribution in [0.5, 0.6) is 5.75 Å². The predicted molar refractivity (Wildman–Crippen MR) is 102 cm³/mol. The lowest BCUT2D eigenvalue weighted by atomic mass is 10.1. The van der Waals surface area contributed by atoms with Gasteiger partial charge in [0.05, 0.1) is 5.56 Å². The van der Waals surface area contributed by atoms with Crippen molar-refractivity contribution in [3.8, 4) is 16.9 Å². The number of aromatic nitrogens is 1. The fraction of sp³-hybridized carbons (Fsp3) is 0.100. The number of alkyl halides is 3. The van der Waals surface area contributed by atoms with Crippen LogP contribution in [0.25, 0.3) is 11.1 Å². The molecule has 0 aliphatic heterocycles. The summed E-state index contributed by atoms with van der Waals surface area (Å²) in [7, 11) is 0. The number of amides is 1. The van der Waals surface area contributed by atoms with E-state index in [1.165, 1.54) is 36.7 Å². The number of halogens is 5. The molecule has 29 heavy (non-hydrogen) atoms. The van der Waals surface area contributed by atoms with Gasteiger partial charge in [-0.15, -0.1) is 13.2 Å². The summed E-state index contributed by atoms with van der Waals surface area (Å²) in [4.78, 5) is 16.4. The second-order valence-electron chi connectivity index (χ2n) is 5.92. The molecule has 1 N–H and O–H groups in total. The Hall–Kier alpha value is -2.94. The minimum Gasteiger partial charge on any atom is -0.405 e. The molecular weight excluding hydrogens is 456 g/mol. The van der Waals surface area contributed by atoms with Gasteiger partial charge in [0.25, 0.3) is 5.91 Å². The lowest BCUT2D eigenvalue weighted by Gasteiger charge is -2.14. The van der Waals surface area contributed by atoms with Crippen LogP contribution in [0.4, 0.5) is 17.6 Å². The third-order valence-corrected chi connectivity index (χ3v) is 4.37. The topological polar surface area (TPSA) is 51.2 Å². The molecule has 0 radical (unpaired) electrons. The van der Waals surface area contributed by atoms with Gasteiger partial charge in [0.2, 0.25) is 0 Å². The van der Waals surface area contributed by atoms with E-state index < -0.39 is 23.8 Å². The van der Waals surface area contributed by atoms with E-state index >= 15 is 0 Å². The molecule has 0 saturated heterocycles. The number of nitrogens with one attached hydrogen (secondary N) is 1. The Labute approximate surface area is 171 Å². The highest BCUT2D eigenvalue weighted by Gasteiger charge is 2.32. The summed E-state index contributed by atoms with van der Waals surface area (Å²) in [5, 5.41) is 2.52. The Morgan fingerprint density at radius 3 is 2.59 bits per heavy atom. The highest BCUT2D eigenvalue weighted by molar-refractivity contribution is 9.10. The van der Waals surface area contributed by atoms with Crippen LogP contribution in [0.2, 0.25) is 0 Å². The summed E-state index contributed by atoms with van der Waals surface area (Å²) in [6.07, 6.45) is -2.16. The monoisotopic (exact) mass is 468 g/mol. The van der Waals surface area contributed by atoms with Crippen LogP contribution in [0, 0.1) is 5.82 Å². The summed E-state index contributed by atoms with van der Waals surface area (Å²) in [5.74, 6) is -1.46. The molecule has 3 rings (SSSR count). The van der Waals surface area contributed by atoms with Crippen molar-refractivity contribution in [2.45, 2.75) is 12.9 Å². The van der Waals surface area contributed by atoms with Gasteiger partial charge in [0, 0.05) is 40.1 Å². The van der Waals surface area contributed by atoms with E-state index in [0.717, 1.165) is 6.07 Å². The molecule has 150 valence electrons. The van der Waals surface area contributed by atoms with Crippen molar-refractivity contribution < 1.29 is 27.1 Å². The summed E-state index contributed by atoms with van der Waals surface area (Å²) < 4.78 is 56.1. The molecule has 3 aromatic rings. The van der Waals surface area contributed by atoms with Gasteiger partial charge in [-0.05, 0) is 24.3 Å². The average molecular weight is 469 g/mol. The first-order valence-corrected chi connectivity index (χ1v) is 9.04. The molecule has 1 amide bonds. The van der Waals surface area contributed by atoms with Crippen LogP contribution in [-0.2, 0) is 6.54 Å². The second kappa shape index (κ2) is 8.60. The molecule has 1 heterocycles. The van der Waals surface area contributed by atoms with E-state index in [2.05, 4.69) is 31.0 Å². The van der Waals surface area contributed by atoms with E-state index in [4.69, 9.17) is 0 Å². The third kappa shape index (κ3) is 5.54. The number of hydrogen-bond acceptors (Lipinski definition) is 3. The van der Waals surface area contributed by atoms with Gasteiger partial charge in [-0.3, -0.25) is 9.78 Å². The fourth-order valence-corrected chi connectivity index (χ4v) is 2.92. The minimum absolute atomic E-state index is 0.136. The Morgan fingerprint density at radius 1 is 1.10 bits per heavy atom. The Balaban J connectivity index is 1.77. The largest absolute Gasteiger partial charge is 0.573 e. The molecule has 2 aromatic carbocycles. The highest BCUT2D eigenvalue weighted by atomic mass is 79.9. The maximum absolute atomic E-state index is 14.0. The van der Waals surface area contributed by atoms with Gasteiger partial charge in [-0.25, -0.2) is 4.39 Å². The molecule has 9 heteroatoms. The lowest BCUT2D eigenvalue weighted by molar-refractivity contribution is -0.274. The zero-order valence-corrected chi connectivity index (χ0v) is 16.2. The molecule has 0 aliphatic carbocycles. The first kappa shape index (κ1) is 20.8. The average Bonchev–Trinajstić information content (AvgIpc) is 2.66. The second-order valence-corrected chi connectivity index (χ2v) is 6.84. The normalized spacial score (nSPS) is 11.2. The van der Waals surface area contributed by atoms with Crippen molar-refractivity contribution >= 4 is 21.8 Å². The first-order valence-electron chi connectivity index (χ1n) is 8.25. The van der Waals surface area contributed by atoms with Crippen LogP contribution >= 0.6 is 15.9 Å². The van der Waals surface area contributed by atoms with Gasteiger partial charge >= 0.3 is 6.36 Å². The summed E-state index contributed by atoms with van der Waals surface area (Å²) in [5.41, 5.74) is 0.960. The summed E-state index contributed by atoms with van der Waals surface area (Å²) >= 11 is 3.08. The number of pyridine rings is 1. The Morgan fingerprint density at radius 2 is 1.86 bits per heavy atom. The molecule has 0 spiro atoms. The molecule has 0 atom stereocenters. The zero-order valence-electron chi connectivity index (χ0n) is 14.6. The molecule has 1 aromatic heterocycles. The fourth-order valence-electron chi connectivity index (χ4n) is 2.58. The van der Waals surface area contributed by atoms with Crippen LogP contribution < -0.4 is 10.1 Å². The van der Waals surface area contributed by atoms with Crippen LogP contribution in [0.3, 0.4) is 0 Å². The van der Waals surface area contributed by atoms with Crippen molar-refractivity contribution in [3.63, 3.8) is 0 Å². The number of ether oxygens (including phenoxy) is 1. The van der Waals surface area contributed by atoms with Crippen molar-refractivity contribution in [3.05, 3.63) is 82.3 Å². The number of nitrogens with zero attached hydrogens (tertiary/aromatic N) is 1. The molecule has 4 nitrogen and oxygen atoms in total. The number of rotatable bonds is 5. The highest BCUT2D eigenvalue weighted by Crippen LogP contribution is 2.29. The molecule has 0 aliphatic rings. The molecule has 0 bridgehead atoms. The number of carbonyl (C=O) groups excluding carboxylic acids is 1. The van der Waals surface area contributed by atoms with E-state index in [1.54, 1.807) is 18.2 Å². The van der Waals surface area contributed by atoms with Gasteiger partial charge in [-0.2, -0.15) is 0 Å². The van der Waals surface area contributed by atoms with Crippen molar-refractivity contribution in [1.29, 1.82) is 0 Å². The summed E-state index contributed by atoms with van der Waals surface area (Å²) in [6, 6.07) is 11.6. The van der Waals surface area contributed by atoms with E-state index in [0.29, 0.717) is 10.0 Å². The Bertz CT molecular complexity index is 1040. The SMILES string of the molecule is O=C(NCc1ccc(Br)cc1OC(F)(F)F)c1cncc(-c2ccccc2F)c1. The molecule has 0 fully saturated rings. The van der Waals surface area contributed by atoms with Gasteiger partial charge < -0.3 is 10.1 Å². The van der Waals surface area contributed by atoms with Crippen LogP contribution in [-0.4, -0.2) is 17.3 Å².